The van der Waals surface area contributed by atoms with Crippen molar-refractivity contribution in [3.63, 3.8) is 0 Å². The molecule has 8 heteroatoms. The third-order valence-corrected chi connectivity index (χ3v) is 11.4. The molecular formula is C28H41FN2O5. The molecule has 0 aromatic rings. The van der Waals surface area contributed by atoms with Crippen LogP contribution in [-0.4, -0.2) is 59.6 Å². The number of carbonyl (C=O) groups is 3. The van der Waals surface area contributed by atoms with Crippen molar-refractivity contribution in [2.24, 2.45) is 45.8 Å². The number of imide groups is 1. The van der Waals surface area contributed by atoms with Gasteiger partial charge >= 0.3 is 6.09 Å². The van der Waals surface area contributed by atoms with Gasteiger partial charge in [0.2, 0.25) is 5.91 Å². The lowest BCUT2D eigenvalue weighted by Gasteiger charge is -2.61. The van der Waals surface area contributed by atoms with Gasteiger partial charge in [-0.15, -0.1) is 0 Å². The highest BCUT2D eigenvalue weighted by Crippen LogP contribution is 2.68. The molecule has 0 aromatic carbocycles. The first kappa shape index (κ1) is 25.8. The summed E-state index contributed by atoms with van der Waals surface area (Å²) in [5.41, 5.74) is -2.11. The first-order valence-corrected chi connectivity index (χ1v) is 13.7. The van der Waals surface area contributed by atoms with Crippen LogP contribution in [-0.2, 0) is 14.3 Å². The number of halogens is 1. The second-order valence-electron chi connectivity index (χ2n) is 13.0. The second kappa shape index (κ2) is 8.90. The second-order valence-corrected chi connectivity index (χ2v) is 13.0. The molecule has 3 unspecified atom stereocenters. The summed E-state index contributed by atoms with van der Waals surface area (Å²) < 4.78 is 19.7. The Morgan fingerprint density at radius 3 is 2.58 bits per heavy atom. The number of alkyl carbamates (subject to hydrolysis) is 1. The molecule has 5 fully saturated rings. The number of nitrogens with one attached hydrogen (secondary N) is 1. The van der Waals surface area contributed by atoms with E-state index in [1.54, 1.807) is 6.92 Å². The van der Waals surface area contributed by atoms with Crippen LogP contribution in [0.5, 0.6) is 0 Å². The number of Topliss-reactive ketones (excluding diaryl/α,β-unsaturated/α-hetero) is 1. The highest BCUT2D eigenvalue weighted by atomic mass is 19.1. The zero-order valence-corrected chi connectivity index (χ0v) is 22.0. The Morgan fingerprint density at radius 2 is 1.94 bits per heavy atom. The van der Waals surface area contributed by atoms with Gasteiger partial charge in [-0.2, -0.15) is 0 Å². The van der Waals surface area contributed by atoms with Crippen molar-refractivity contribution < 1.29 is 28.6 Å². The minimum atomic E-state index is -0.997. The minimum Gasteiger partial charge on any atom is -0.445 e. The van der Waals surface area contributed by atoms with Gasteiger partial charge in [-0.3, -0.25) is 14.9 Å². The molecule has 2 amide bonds. The third-order valence-electron chi connectivity index (χ3n) is 11.4. The van der Waals surface area contributed by atoms with Gasteiger partial charge in [-0.05, 0) is 67.9 Å². The number of hydrogen-bond donors (Lipinski definition) is 2. The number of ether oxygens (including phenoxy) is 1. The fraction of sp³-hybridized carbons (Fsp3) is 0.821. The van der Waals surface area contributed by atoms with E-state index in [1.807, 2.05) is 13.8 Å². The highest BCUT2D eigenvalue weighted by Gasteiger charge is 2.68. The number of amides is 2. The molecule has 5 rings (SSSR count). The van der Waals surface area contributed by atoms with Crippen molar-refractivity contribution in [3.05, 3.63) is 12.4 Å². The molecule has 0 spiro atoms. The molecule has 2 aliphatic heterocycles. The molecule has 2 heterocycles. The molecular weight excluding hydrogens is 463 g/mol. The standard InChI is InChI=1S/C28H41FN2O5/c1-16-5-8-28-9-6-20(32)22(28)27(16,4)21(13-26(3,10-11-29)23(33)17(28)2)36-25(35)30-24(34)19-15-31-12-7-18(19)14-31/h10-11,16-19,21-23,33H,5-9,12-15H2,1-4H3,(H,30,34,35)/t16-,17+,18-,19+,21-,22?,23+,26-,27+,28?/m1/s1. The zero-order chi connectivity index (χ0) is 26.0. The Labute approximate surface area is 213 Å². The molecule has 0 aromatic heterocycles. The van der Waals surface area contributed by atoms with E-state index in [2.05, 4.69) is 17.1 Å². The number of rotatable bonds is 3. The summed E-state index contributed by atoms with van der Waals surface area (Å²) in [6.45, 7) is 10.5. The molecule has 2 N–H and O–H groups in total. The number of ketones is 1. The van der Waals surface area contributed by atoms with E-state index < -0.39 is 34.5 Å². The molecule has 3 aliphatic carbocycles. The lowest BCUT2D eigenvalue weighted by Crippen LogP contribution is -2.63. The summed E-state index contributed by atoms with van der Waals surface area (Å²) in [6, 6.07) is 0. The average Bonchev–Trinajstić information content (AvgIpc) is 3.55. The molecule has 2 saturated heterocycles. The monoisotopic (exact) mass is 504 g/mol. The summed E-state index contributed by atoms with van der Waals surface area (Å²) in [6.07, 6.45) is 3.26. The van der Waals surface area contributed by atoms with Crippen LogP contribution in [0.4, 0.5) is 9.18 Å². The highest BCUT2D eigenvalue weighted by molar-refractivity contribution is 5.93. The van der Waals surface area contributed by atoms with Crippen molar-refractivity contribution in [3.8, 4) is 0 Å². The van der Waals surface area contributed by atoms with E-state index in [-0.39, 0.29) is 47.7 Å². The Morgan fingerprint density at radius 1 is 1.19 bits per heavy atom. The molecule has 200 valence electrons. The van der Waals surface area contributed by atoms with Crippen LogP contribution in [0.25, 0.3) is 0 Å². The third kappa shape index (κ3) is 3.69. The van der Waals surface area contributed by atoms with Gasteiger partial charge in [0.25, 0.3) is 0 Å². The molecule has 0 radical (unpaired) electrons. The summed E-state index contributed by atoms with van der Waals surface area (Å²) in [7, 11) is 0. The fourth-order valence-corrected chi connectivity index (χ4v) is 9.04. The van der Waals surface area contributed by atoms with Gasteiger partial charge < -0.3 is 14.7 Å². The summed E-state index contributed by atoms with van der Waals surface area (Å²) in [5.74, 6) is -0.610. The number of hydrogen-bond acceptors (Lipinski definition) is 6. The molecule has 4 bridgehead atoms. The number of aliphatic hydroxyl groups excluding tert-OH is 1. The first-order chi connectivity index (χ1) is 17.0. The Kier molecular flexibility index (Phi) is 6.38. The van der Waals surface area contributed by atoms with Gasteiger partial charge in [-0.25, -0.2) is 9.18 Å². The van der Waals surface area contributed by atoms with Crippen molar-refractivity contribution >= 4 is 17.8 Å². The van der Waals surface area contributed by atoms with Crippen LogP contribution in [0.1, 0.15) is 66.2 Å². The number of nitrogens with zero attached hydrogens (tertiary/aromatic N) is 1. The molecule has 3 saturated carbocycles. The van der Waals surface area contributed by atoms with E-state index in [0.717, 1.165) is 32.4 Å². The largest absolute Gasteiger partial charge is 0.445 e. The van der Waals surface area contributed by atoms with Gasteiger partial charge in [-0.1, -0.05) is 27.7 Å². The smallest absolute Gasteiger partial charge is 0.414 e. The van der Waals surface area contributed by atoms with E-state index in [9.17, 15) is 23.9 Å². The predicted octanol–water partition coefficient (Wildman–Crippen LogP) is 3.85. The van der Waals surface area contributed by atoms with Gasteiger partial charge in [0, 0.05) is 36.3 Å². The van der Waals surface area contributed by atoms with Crippen LogP contribution < -0.4 is 5.32 Å². The van der Waals surface area contributed by atoms with E-state index in [0.29, 0.717) is 25.7 Å². The van der Waals surface area contributed by atoms with Gasteiger partial charge in [0.05, 0.1) is 18.4 Å². The SMILES string of the molecule is C[C@@H]1CCC23CCC(=O)C2[C@]1(C)[C@H](OC(=O)NC(=O)[C@H]1CN2CC[C@@H]1C2)C[C@@](C)(C=CF)[C@@H](O)[C@@H]3C. The van der Waals surface area contributed by atoms with E-state index in [1.165, 1.54) is 6.08 Å². The Bertz CT molecular complexity index is 972. The average molecular weight is 505 g/mol. The first-order valence-electron chi connectivity index (χ1n) is 13.7. The van der Waals surface area contributed by atoms with Gasteiger partial charge in [0.1, 0.15) is 11.9 Å². The van der Waals surface area contributed by atoms with Crippen LogP contribution in [0.2, 0.25) is 0 Å². The normalized spacial score (nSPS) is 50.0. The van der Waals surface area contributed by atoms with Crippen LogP contribution >= 0.6 is 0 Å². The van der Waals surface area contributed by atoms with Crippen LogP contribution in [0.3, 0.4) is 0 Å². The van der Waals surface area contributed by atoms with Crippen LogP contribution in [0.15, 0.2) is 12.4 Å². The number of carbonyl (C=O) groups excluding carboxylic acids is 3. The maximum Gasteiger partial charge on any atom is 0.414 e. The van der Waals surface area contributed by atoms with Crippen molar-refractivity contribution in [1.82, 2.24) is 10.2 Å². The Hall–Kier alpha value is -1.80. The van der Waals surface area contributed by atoms with Crippen LogP contribution in [0, 0.1) is 45.8 Å². The lowest BCUT2D eigenvalue weighted by molar-refractivity contribution is -0.191. The summed E-state index contributed by atoms with van der Waals surface area (Å²) in [4.78, 5) is 41.8. The molecule has 5 aliphatic rings. The summed E-state index contributed by atoms with van der Waals surface area (Å²) in [5, 5.41) is 14.1. The topological polar surface area (TPSA) is 95.9 Å². The van der Waals surface area contributed by atoms with Crippen molar-refractivity contribution in [2.75, 3.05) is 19.6 Å². The predicted molar refractivity (Wildman–Crippen MR) is 131 cm³/mol. The molecule has 36 heavy (non-hydrogen) atoms. The molecule has 11 atom stereocenters. The summed E-state index contributed by atoms with van der Waals surface area (Å²) >= 11 is 0. The van der Waals surface area contributed by atoms with Gasteiger partial charge in [0.15, 0.2) is 0 Å². The maximum atomic E-state index is 13.6. The maximum absolute atomic E-state index is 13.6. The van der Waals surface area contributed by atoms with E-state index >= 15 is 0 Å². The lowest BCUT2D eigenvalue weighted by atomic mass is 9.44. The number of aliphatic hydroxyl groups is 1. The molecule has 7 nitrogen and oxygen atoms in total. The van der Waals surface area contributed by atoms with E-state index in [4.69, 9.17) is 4.74 Å². The minimum absolute atomic E-state index is 0.0746. The van der Waals surface area contributed by atoms with Crippen molar-refractivity contribution in [2.45, 2.75) is 78.4 Å². The fourth-order valence-electron chi connectivity index (χ4n) is 9.04. The number of fused-ring (bicyclic) bond motifs is 2. The number of piperidine rings is 1. The zero-order valence-electron chi connectivity index (χ0n) is 22.0. The van der Waals surface area contributed by atoms with Crippen molar-refractivity contribution in [1.29, 1.82) is 0 Å². The quantitative estimate of drug-likeness (QED) is 0.606. The Balaban J connectivity index is 1.47.